The molecule has 4 N–H and O–H groups in total. The maximum atomic E-state index is 13.3. The molecule has 2 heterocycles. The average Bonchev–Trinajstić information content (AvgIpc) is 3.08. The van der Waals surface area contributed by atoms with E-state index in [1.54, 1.807) is 6.92 Å². The fourth-order valence-corrected chi connectivity index (χ4v) is 3.50. The second-order valence-corrected chi connectivity index (χ2v) is 8.45. The van der Waals surface area contributed by atoms with Crippen molar-refractivity contribution in [1.82, 2.24) is 9.78 Å². The number of alkyl halides is 3. The molecule has 2 aromatic rings. The van der Waals surface area contributed by atoms with Crippen LogP contribution in [-0.4, -0.2) is 48.9 Å². The Morgan fingerprint density at radius 3 is 2.55 bits per heavy atom. The molecule has 168 valence electrons. The van der Waals surface area contributed by atoms with E-state index in [1.807, 2.05) is 0 Å². The van der Waals surface area contributed by atoms with Crippen LogP contribution >= 0.6 is 0 Å². The van der Waals surface area contributed by atoms with Gasteiger partial charge in [-0.3, -0.25) is 4.79 Å². The van der Waals surface area contributed by atoms with Crippen molar-refractivity contribution in [1.29, 1.82) is 0 Å². The number of hydrogen-bond acceptors (Lipinski definition) is 7. The summed E-state index contributed by atoms with van der Waals surface area (Å²) < 4.78 is 67.7. The molecule has 10 nitrogen and oxygen atoms in total. The summed E-state index contributed by atoms with van der Waals surface area (Å²) in [7, 11) is -3.89. The molecule has 1 aliphatic rings. The van der Waals surface area contributed by atoms with Crippen molar-refractivity contribution in [2.75, 3.05) is 17.2 Å². The van der Waals surface area contributed by atoms with Gasteiger partial charge in [0.05, 0.1) is 4.90 Å². The van der Waals surface area contributed by atoms with Crippen LogP contribution in [0, 0.1) is 0 Å². The molecular weight excluding hydrogens is 443 g/mol. The Morgan fingerprint density at radius 2 is 1.97 bits per heavy atom. The summed E-state index contributed by atoms with van der Waals surface area (Å²) in [6.45, 7) is 0.845. The third kappa shape index (κ3) is 5.32. The normalized spacial score (nSPS) is 18.6. The molecule has 1 aromatic heterocycles. The van der Waals surface area contributed by atoms with E-state index in [0.29, 0.717) is 4.68 Å². The number of amides is 1. The van der Waals surface area contributed by atoms with Crippen molar-refractivity contribution in [3.05, 3.63) is 36.0 Å². The van der Waals surface area contributed by atoms with Crippen molar-refractivity contribution in [2.45, 2.75) is 36.5 Å². The first-order valence-electron chi connectivity index (χ1n) is 8.87. The predicted octanol–water partition coefficient (Wildman–Crippen LogP) is 1.63. The first-order chi connectivity index (χ1) is 14.3. The second kappa shape index (κ2) is 8.19. The number of aromatic nitrogens is 2. The summed E-state index contributed by atoms with van der Waals surface area (Å²) in [5.74, 6) is -1.80. The van der Waals surface area contributed by atoms with Crippen molar-refractivity contribution < 1.29 is 35.9 Å². The zero-order chi connectivity index (χ0) is 23.0. The number of rotatable bonds is 5. The molecule has 0 saturated heterocycles. The molecule has 0 unspecified atom stereocenters. The Bertz CT molecular complexity index is 1100. The number of nitrogens with one attached hydrogen (secondary N) is 2. The van der Waals surface area contributed by atoms with Crippen LogP contribution in [0.4, 0.5) is 24.7 Å². The lowest BCUT2D eigenvalue weighted by atomic mass is 10.1. The highest BCUT2D eigenvalue weighted by Crippen LogP contribution is 2.39. The van der Waals surface area contributed by atoms with E-state index in [9.17, 15) is 31.2 Å². The molecule has 0 bridgehead atoms. The summed E-state index contributed by atoms with van der Waals surface area (Å²) in [5, 5.41) is 13.8. The molecule has 1 amide bonds. The van der Waals surface area contributed by atoms with Gasteiger partial charge in [-0.15, -0.1) is 0 Å². The first-order valence-corrected chi connectivity index (χ1v) is 10.4. The lowest BCUT2D eigenvalue weighted by Gasteiger charge is -2.31. The van der Waals surface area contributed by atoms with Crippen LogP contribution in [-0.2, 0) is 19.6 Å². The van der Waals surface area contributed by atoms with Gasteiger partial charge in [0.15, 0.2) is 18.3 Å². The van der Waals surface area contributed by atoms with Crippen LogP contribution in [0.1, 0.15) is 29.9 Å². The van der Waals surface area contributed by atoms with Crippen molar-refractivity contribution in [3.63, 3.8) is 0 Å². The molecule has 3 rings (SSSR count). The number of carbonyl (C=O) groups is 2. The Kier molecular flexibility index (Phi) is 5.96. The average molecular weight is 461 g/mol. The van der Waals surface area contributed by atoms with Crippen LogP contribution in [0.3, 0.4) is 0 Å². The second-order valence-electron chi connectivity index (χ2n) is 6.89. The Labute approximate surface area is 174 Å². The van der Waals surface area contributed by atoms with Crippen LogP contribution < -0.4 is 15.8 Å². The quantitative estimate of drug-likeness (QED) is 0.574. The van der Waals surface area contributed by atoms with Gasteiger partial charge in [0.1, 0.15) is 5.82 Å². The molecule has 0 spiro atoms. The monoisotopic (exact) mass is 461 g/mol. The summed E-state index contributed by atoms with van der Waals surface area (Å²) in [4.78, 5) is 23.9. The zero-order valence-corrected chi connectivity index (χ0v) is 16.8. The predicted molar refractivity (Wildman–Crippen MR) is 102 cm³/mol. The summed E-state index contributed by atoms with van der Waals surface area (Å²) in [6.07, 6.45) is -4.80. The number of fused-ring (bicyclic) bond motifs is 1. The number of nitrogens with zero attached hydrogens (tertiary/aromatic N) is 2. The molecule has 0 radical (unpaired) electrons. The van der Waals surface area contributed by atoms with Crippen molar-refractivity contribution >= 4 is 33.4 Å². The van der Waals surface area contributed by atoms with Crippen LogP contribution in [0.2, 0.25) is 0 Å². The highest BCUT2D eigenvalue weighted by Gasteiger charge is 2.45. The Balaban J connectivity index is 1.62. The number of halogens is 3. The number of sulfonamides is 1. The third-order valence-electron chi connectivity index (χ3n) is 4.39. The molecule has 1 aromatic carbocycles. The van der Waals surface area contributed by atoms with Crippen LogP contribution in [0.15, 0.2) is 35.2 Å². The first kappa shape index (κ1) is 22.6. The van der Waals surface area contributed by atoms with Gasteiger partial charge >= 0.3 is 12.1 Å². The molecular formula is C17H18F3N5O5S. The third-order valence-corrected chi connectivity index (χ3v) is 5.32. The van der Waals surface area contributed by atoms with Gasteiger partial charge in [-0.25, -0.2) is 23.0 Å². The summed E-state index contributed by atoms with van der Waals surface area (Å²) >= 11 is 0. The minimum atomic E-state index is -4.54. The molecule has 31 heavy (non-hydrogen) atoms. The molecule has 0 aliphatic carbocycles. The number of primary sulfonamides is 1. The van der Waals surface area contributed by atoms with E-state index in [-0.39, 0.29) is 28.5 Å². The number of hydrogen-bond donors (Lipinski definition) is 3. The lowest BCUT2D eigenvalue weighted by molar-refractivity contribution is -0.173. The van der Waals surface area contributed by atoms with Crippen LogP contribution in [0.25, 0.3) is 0 Å². The number of carbonyl (C=O) groups excluding carboxylic acids is 2. The van der Waals surface area contributed by atoms with E-state index in [1.165, 1.54) is 24.3 Å². The fraction of sp³-hybridized carbons (Fsp3) is 0.353. The highest BCUT2D eigenvalue weighted by atomic mass is 32.2. The van der Waals surface area contributed by atoms with E-state index in [2.05, 4.69) is 15.7 Å². The SMILES string of the molecule is C[C@H]1C[C@@H](C(F)(F)F)n2nc(C(=O)OCC(=O)Nc3ccc(S(N)(=O)=O)cc3)cc2N1. The molecule has 14 heteroatoms. The van der Waals surface area contributed by atoms with Gasteiger partial charge in [0, 0.05) is 17.8 Å². The van der Waals surface area contributed by atoms with Gasteiger partial charge in [-0.2, -0.15) is 18.3 Å². The van der Waals surface area contributed by atoms with Gasteiger partial charge in [-0.05, 0) is 37.6 Å². The van der Waals surface area contributed by atoms with Gasteiger partial charge in [0.25, 0.3) is 5.91 Å². The maximum Gasteiger partial charge on any atom is 0.410 e. The van der Waals surface area contributed by atoms with E-state index >= 15 is 0 Å². The Hall–Kier alpha value is -3.13. The van der Waals surface area contributed by atoms with E-state index < -0.39 is 46.8 Å². The smallest absolute Gasteiger partial charge is 0.410 e. The van der Waals surface area contributed by atoms with Crippen molar-refractivity contribution in [2.24, 2.45) is 5.14 Å². The largest absolute Gasteiger partial charge is 0.451 e. The molecule has 0 saturated carbocycles. The molecule has 0 fully saturated rings. The number of esters is 1. The fourth-order valence-electron chi connectivity index (χ4n) is 2.99. The summed E-state index contributed by atoms with van der Waals surface area (Å²) in [6, 6.07) is 3.69. The maximum absolute atomic E-state index is 13.3. The number of benzene rings is 1. The van der Waals surface area contributed by atoms with Gasteiger partial charge in [0.2, 0.25) is 10.0 Å². The summed E-state index contributed by atoms with van der Waals surface area (Å²) in [5.41, 5.74) is -0.159. The van der Waals surface area contributed by atoms with Gasteiger partial charge in [-0.1, -0.05) is 0 Å². The lowest BCUT2D eigenvalue weighted by Crippen LogP contribution is -2.37. The molecule has 1 aliphatic heterocycles. The Morgan fingerprint density at radius 1 is 1.32 bits per heavy atom. The van der Waals surface area contributed by atoms with E-state index in [4.69, 9.17) is 9.88 Å². The molecule has 2 atom stereocenters. The van der Waals surface area contributed by atoms with Gasteiger partial charge < -0.3 is 15.4 Å². The number of nitrogens with two attached hydrogens (primary N) is 1. The number of ether oxygens (including phenoxy) is 1. The van der Waals surface area contributed by atoms with Crippen LogP contribution in [0.5, 0.6) is 0 Å². The van der Waals surface area contributed by atoms with E-state index in [0.717, 1.165) is 6.07 Å². The zero-order valence-electron chi connectivity index (χ0n) is 16.0. The highest BCUT2D eigenvalue weighted by molar-refractivity contribution is 7.89. The standard InChI is InChI=1S/C17H18F3N5O5S/c1-9-6-13(17(18,19)20)25-14(22-9)7-12(24-25)16(27)30-8-15(26)23-10-2-4-11(5-3-10)31(21,28)29/h2-5,7,9,13,22H,6,8H2,1H3,(H,23,26)(H2,21,28,29)/t9-,13-/m0/s1. The topological polar surface area (TPSA) is 145 Å². The number of anilines is 2. The van der Waals surface area contributed by atoms with Crippen molar-refractivity contribution in [3.8, 4) is 0 Å². The minimum Gasteiger partial charge on any atom is -0.451 e. The minimum absolute atomic E-state index is 0.0208.